The van der Waals surface area contributed by atoms with Crippen molar-refractivity contribution in [1.82, 2.24) is 14.7 Å². The van der Waals surface area contributed by atoms with Crippen LogP contribution in [0.2, 0.25) is 0 Å². The minimum absolute atomic E-state index is 0.199. The molecular weight excluding hydrogens is 390 g/mol. The van der Waals surface area contributed by atoms with E-state index in [9.17, 15) is 13.2 Å². The number of fused-ring (bicyclic) bond motifs is 1. The van der Waals surface area contributed by atoms with E-state index in [2.05, 4.69) is 10.3 Å². The van der Waals surface area contributed by atoms with Crippen molar-refractivity contribution in [2.45, 2.75) is 24.5 Å². The summed E-state index contributed by atoms with van der Waals surface area (Å²) in [6, 6.07) is 3.51. The van der Waals surface area contributed by atoms with Crippen LogP contribution in [0.3, 0.4) is 0 Å². The fourth-order valence-electron chi connectivity index (χ4n) is 3.49. The Morgan fingerprint density at radius 2 is 2.21 bits per heavy atom. The Morgan fingerprint density at radius 1 is 1.31 bits per heavy atom. The molecule has 2 aliphatic rings. The van der Waals surface area contributed by atoms with Crippen molar-refractivity contribution < 1.29 is 17.9 Å². The molecule has 0 aromatic carbocycles. The largest absolute Gasteiger partial charge is 0.380 e. The molecule has 1 aliphatic heterocycles. The normalized spacial score (nSPS) is 20.1. The molecule has 1 fully saturated rings. The van der Waals surface area contributed by atoms with Gasteiger partial charge in [0, 0.05) is 43.1 Å². The van der Waals surface area contributed by atoms with E-state index in [0.29, 0.717) is 36.5 Å². The standard InChI is InChI=1S/C21H23N3O4S/c25-21(17-7-9-20-22-10-11-24(20)14-17)23-13-16-3-1-4-18(8-6-16)29(26,27)19-5-2-12-28-15-19/h1,3,6-11,14,19H,2,4-5,12-13,15H2,(H,23,25). The maximum atomic E-state index is 12.8. The number of nitrogens with one attached hydrogen (secondary N) is 1. The molecule has 1 saturated heterocycles. The summed E-state index contributed by atoms with van der Waals surface area (Å²) >= 11 is 0. The maximum absolute atomic E-state index is 12.8. The summed E-state index contributed by atoms with van der Waals surface area (Å²) in [7, 11) is -3.38. The summed E-state index contributed by atoms with van der Waals surface area (Å²) in [5.41, 5.74) is 2.15. The van der Waals surface area contributed by atoms with E-state index < -0.39 is 15.1 Å². The lowest BCUT2D eigenvalue weighted by molar-refractivity contribution is 0.0956. The van der Waals surface area contributed by atoms with Crippen LogP contribution in [0, 0.1) is 0 Å². The van der Waals surface area contributed by atoms with Crippen molar-refractivity contribution in [3.63, 3.8) is 0 Å². The van der Waals surface area contributed by atoms with Gasteiger partial charge in [0.25, 0.3) is 5.91 Å². The fraction of sp³-hybridized carbons (Fsp3) is 0.333. The van der Waals surface area contributed by atoms with Gasteiger partial charge in [0.1, 0.15) is 5.65 Å². The number of hydrogen-bond donors (Lipinski definition) is 1. The van der Waals surface area contributed by atoms with Crippen molar-refractivity contribution in [3.8, 4) is 0 Å². The summed E-state index contributed by atoms with van der Waals surface area (Å²) in [4.78, 5) is 17.0. The number of hydrogen-bond acceptors (Lipinski definition) is 5. The summed E-state index contributed by atoms with van der Waals surface area (Å²) in [5.74, 6) is -0.199. The molecule has 1 atom stereocenters. The maximum Gasteiger partial charge on any atom is 0.253 e. The highest BCUT2D eigenvalue weighted by molar-refractivity contribution is 7.95. The molecular formula is C21H23N3O4S. The SMILES string of the molecule is O=C(NCC1=CC=C(S(=O)(=O)C2CCCOC2)CC=C1)c1ccc2nccn2c1. The number of carbonyl (C=O) groups excluding carboxylic acids is 1. The van der Waals surface area contributed by atoms with E-state index in [1.807, 2.05) is 12.2 Å². The third-order valence-corrected chi connectivity index (χ3v) is 7.44. The lowest BCUT2D eigenvalue weighted by atomic mass is 10.2. The lowest BCUT2D eigenvalue weighted by Gasteiger charge is -2.23. The second-order valence-corrected chi connectivity index (χ2v) is 9.44. The number of aromatic nitrogens is 2. The van der Waals surface area contributed by atoms with Gasteiger partial charge in [-0.15, -0.1) is 0 Å². The van der Waals surface area contributed by atoms with Crippen LogP contribution >= 0.6 is 0 Å². The molecule has 1 N–H and O–H groups in total. The van der Waals surface area contributed by atoms with E-state index in [1.54, 1.807) is 47.3 Å². The number of carbonyl (C=O) groups is 1. The fourth-order valence-corrected chi connectivity index (χ4v) is 5.25. The third kappa shape index (κ3) is 4.33. The highest BCUT2D eigenvalue weighted by Gasteiger charge is 2.30. The van der Waals surface area contributed by atoms with Crippen LogP contribution in [0.4, 0.5) is 0 Å². The molecule has 7 nitrogen and oxygen atoms in total. The van der Waals surface area contributed by atoms with E-state index >= 15 is 0 Å². The second kappa shape index (κ2) is 8.34. The Hall–Kier alpha value is -2.71. The van der Waals surface area contributed by atoms with Gasteiger partial charge in [-0.1, -0.05) is 18.2 Å². The quantitative estimate of drug-likeness (QED) is 0.813. The van der Waals surface area contributed by atoms with Crippen LogP contribution in [0.15, 0.2) is 65.5 Å². The van der Waals surface area contributed by atoms with Crippen LogP contribution in [0.1, 0.15) is 29.6 Å². The summed E-state index contributed by atoms with van der Waals surface area (Å²) < 4.78 is 32.8. The van der Waals surface area contributed by atoms with Crippen molar-refractivity contribution in [3.05, 3.63) is 71.1 Å². The van der Waals surface area contributed by atoms with Crippen LogP contribution in [-0.4, -0.2) is 48.7 Å². The molecule has 2 aromatic rings. The van der Waals surface area contributed by atoms with E-state index in [4.69, 9.17) is 4.74 Å². The van der Waals surface area contributed by atoms with Gasteiger partial charge in [-0.05, 0) is 36.6 Å². The molecule has 29 heavy (non-hydrogen) atoms. The second-order valence-electron chi connectivity index (χ2n) is 7.16. The van der Waals surface area contributed by atoms with Gasteiger partial charge in [0.2, 0.25) is 0 Å². The Labute approximate surface area is 169 Å². The zero-order valence-electron chi connectivity index (χ0n) is 16.0. The minimum atomic E-state index is -3.38. The molecule has 0 radical (unpaired) electrons. The van der Waals surface area contributed by atoms with Gasteiger partial charge < -0.3 is 14.5 Å². The number of amides is 1. The highest BCUT2D eigenvalue weighted by Crippen LogP contribution is 2.25. The first-order valence-electron chi connectivity index (χ1n) is 9.63. The molecule has 1 aliphatic carbocycles. The van der Waals surface area contributed by atoms with Gasteiger partial charge in [-0.2, -0.15) is 0 Å². The summed E-state index contributed by atoms with van der Waals surface area (Å²) in [5, 5.41) is 2.41. The topological polar surface area (TPSA) is 89.8 Å². The number of allylic oxidation sites excluding steroid dienone is 4. The molecule has 0 bridgehead atoms. The number of pyridine rings is 1. The Balaban J connectivity index is 1.43. The lowest BCUT2D eigenvalue weighted by Crippen LogP contribution is -2.31. The van der Waals surface area contributed by atoms with Crippen LogP contribution in [0.5, 0.6) is 0 Å². The van der Waals surface area contributed by atoms with Gasteiger partial charge in [-0.3, -0.25) is 4.79 Å². The summed E-state index contributed by atoms with van der Waals surface area (Å²) in [6.45, 7) is 1.20. The van der Waals surface area contributed by atoms with E-state index in [1.165, 1.54) is 0 Å². The average molecular weight is 413 g/mol. The third-order valence-electron chi connectivity index (χ3n) is 5.16. The molecule has 0 saturated carbocycles. The van der Waals surface area contributed by atoms with Crippen LogP contribution in [-0.2, 0) is 14.6 Å². The highest BCUT2D eigenvalue weighted by atomic mass is 32.2. The Bertz CT molecular complexity index is 1110. The van der Waals surface area contributed by atoms with Crippen molar-refractivity contribution in [1.29, 1.82) is 0 Å². The van der Waals surface area contributed by atoms with Crippen molar-refractivity contribution >= 4 is 21.4 Å². The zero-order valence-corrected chi connectivity index (χ0v) is 16.8. The monoisotopic (exact) mass is 413 g/mol. The zero-order chi connectivity index (χ0) is 20.3. The first kappa shape index (κ1) is 19.6. The van der Waals surface area contributed by atoms with E-state index in [-0.39, 0.29) is 12.5 Å². The van der Waals surface area contributed by atoms with Gasteiger partial charge in [0.05, 0.1) is 17.4 Å². The smallest absolute Gasteiger partial charge is 0.253 e. The number of ether oxygens (including phenoxy) is 1. The van der Waals surface area contributed by atoms with Gasteiger partial charge in [0.15, 0.2) is 9.84 Å². The van der Waals surface area contributed by atoms with Crippen molar-refractivity contribution in [2.24, 2.45) is 0 Å². The summed E-state index contributed by atoms with van der Waals surface area (Å²) in [6.07, 6.45) is 14.0. The molecule has 3 heterocycles. The molecule has 1 unspecified atom stereocenters. The van der Waals surface area contributed by atoms with Gasteiger partial charge >= 0.3 is 0 Å². The van der Waals surface area contributed by atoms with Crippen LogP contribution < -0.4 is 5.32 Å². The molecule has 2 aromatic heterocycles. The number of sulfone groups is 1. The first-order valence-corrected chi connectivity index (χ1v) is 11.2. The predicted octanol–water partition coefficient (Wildman–Crippen LogP) is 2.43. The van der Waals surface area contributed by atoms with E-state index in [0.717, 1.165) is 17.6 Å². The molecule has 0 spiro atoms. The number of imidazole rings is 1. The molecule has 4 rings (SSSR count). The predicted molar refractivity (Wildman–Crippen MR) is 110 cm³/mol. The Kier molecular flexibility index (Phi) is 5.64. The number of nitrogens with zero attached hydrogens (tertiary/aromatic N) is 2. The van der Waals surface area contributed by atoms with Gasteiger partial charge in [-0.25, -0.2) is 13.4 Å². The molecule has 152 valence electrons. The average Bonchev–Trinajstić information content (AvgIpc) is 3.08. The van der Waals surface area contributed by atoms with Crippen LogP contribution in [0.25, 0.3) is 5.65 Å². The Morgan fingerprint density at radius 3 is 3.03 bits per heavy atom. The minimum Gasteiger partial charge on any atom is -0.380 e. The molecule has 1 amide bonds. The first-order chi connectivity index (χ1) is 14.0. The molecule has 8 heteroatoms. The van der Waals surface area contributed by atoms with Crippen molar-refractivity contribution in [2.75, 3.05) is 19.8 Å². The number of rotatable bonds is 5.